The Morgan fingerprint density at radius 1 is 0.359 bits per heavy atom. The van der Waals surface area contributed by atoms with Crippen LogP contribution in [0, 0.1) is 0 Å². The Labute approximate surface area is 642 Å². The maximum absolute atomic E-state index is 10.9. The molecule has 624 valence electrons. The van der Waals surface area contributed by atoms with Gasteiger partial charge in [0.25, 0.3) is 0 Å². The molecule has 32 nitrogen and oxygen atoms in total. The van der Waals surface area contributed by atoms with Gasteiger partial charge in [-0.3, -0.25) is 4.79 Å². The maximum Gasteiger partial charge on any atom is 0.495 e. The molecule has 0 spiro atoms. The molecule has 0 saturated carbocycles. The van der Waals surface area contributed by atoms with Crippen molar-refractivity contribution < 1.29 is 155 Å². The van der Waals surface area contributed by atoms with Crippen molar-refractivity contribution in [2.45, 2.75) is 58.2 Å². The van der Waals surface area contributed by atoms with E-state index in [1.807, 2.05) is 0 Å². The summed E-state index contributed by atoms with van der Waals surface area (Å²) in [4.78, 5) is 108. The minimum absolute atomic E-state index is 0.118. The van der Waals surface area contributed by atoms with Gasteiger partial charge in [0.1, 0.15) is 0 Å². The van der Waals surface area contributed by atoms with Gasteiger partial charge in [-0.15, -0.1) is 71.2 Å². The lowest BCUT2D eigenvalue weighted by Gasteiger charge is -2.14. The van der Waals surface area contributed by atoms with Crippen LogP contribution in [0.15, 0.2) is 138 Å². The van der Waals surface area contributed by atoms with Crippen LogP contribution in [0.1, 0.15) is 40.0 Å². The molecule has 40 heteroatoms. The molecule has 0 aliphatic heterocycles. The second kappa shape index (κ2) is 159. The molecule has 0 bridgehead atoms. The third-order valence-corrected chi connectivity index (χ3v) is 12.8. The molecule has 0 aromatic carbocycles. The second-order valence-electron chi connectivity index (χ2n) is 13.9. The number of methoxy groups -OCH3 is 6. The first kappa shape index (κ1) is 155. The summed E-state index contributed by atoms with van der Waals surface area (Å²) >= 11 is 26.6. The Morgan fingerprint density at radius 3 is 0.612 bits per heavy atom. The lowest BCUT2D eigenvalue weighted by Crippen LogP contribution is -2.37. The Hall–Kier alpha value is -5.03. The third-order valence-electron chi connectivity index (χ3n) is 6.52. The van der Waals surface area contributed by atoms with Crippen LogP contribution in [0.2, 0.25) is 18.1 Å². The van der Waals surface area contributed by atoms with Gasteiger partial charge >= 0.3 is 59.4 Å². The number of rotatable bonds is 28. The van der Waals surface area contributed by atoms with E-state index in [0.29, 0.717) is 67.7 Å². The summed E-state index contributed by atoms with van der Waals surface area (Å²) in [6.45, 7) is 43.7. The average Bonchev–Trinajstić information content (AvgIpc) is 0.978. The van der Waals surface area contributed by atoms with Crippen molar-refractivity contribution in [3.8, 4) is 0 Å². The number of halogens is 5. The molecule has 0 aliphatic rings. The van der Waals surface area contributed by atoms with Gasteiger partial charge in [-0.2, -0.15) is 0 Å². The summed E-state index contributed by atoms with van der Waals surface area (Å²) in [5, 5.41) is 69.5. The Kier molecular flexibility index (Phi) is 240. The second-order valence-corrected chi connectivity index (χ2v) is 28.7. The highest BCUT2D eigenvalue weighted by atomic mass is 35.8. The van der Waals surface area contributed by atoms with E-state index in [1.54, 1.807) is 66.4 Å². The number of aliphatic hydroxyl groups is 10. The fourth-order valence-corrected chi connectivity index (χ4v) is 5.92. The topological polar surface area (TPSA) is 504 Å². The zero-order valence-electron chi connectivity index (χ0n) is 64.6. The molecule has 0 fully saturated rings. The summed E-state index contributed by atoms with van der Waals surface area (Å²) in [5.74, 6) is -1.96. The summed E-state index contributed by atoms with van der Waals surface area (Å²) in [6.07, 6.45) is 12.5. The summed E-state index contributed by atoms with van der Waals surface area (Å²) in [6, 6.07) is -1.82. The van der Waals surface area contributed by atoms with Gasteiger partial charge in [0.2, 0.25) is 5.24 Å². The molecule has 0 heterocycles. The minimum atomic E-state index is -3.49. The predicted octanol–water partition coefficient (Wildman–Crippen LogP) is 5.21. The van der Waals surface area contributed by atoms with Crippen molar-refractivity contribution in [1.29, 1.82) is 0 Å². The normalized spacial score (nSPS) is 7.84. The van der Waals surface area contributed by atoms with Crippen molar-refractivity contribution in [2.24, 2.45) is 0 Å². The standard InChI is InChI=1S/2C8H16O5Si.C7H11Cl3O2Si.3C4H6O2.3C4H8O.C3H3ClO.C3H5Cl.10CH4O/c2*1-7(2)8(9)13-5-4-6-14(10,11)12-3;1-6(2)7(11)12-4-3-5-13(8,9)10;3*1-3-4(5)6-2;3*1-3-4-5-2;1-2-3(4)5;1-2-3-4;10*1-2/h2*10-11H,1,4-6H2,2-3H3;1,3-5H2,2H3;3*3H,1H2,2H3;3*3H,1,4H2,2H3;2H,1H2;2H,1,3H2;10*2H,1H3. The van der Waals surface area contributed by atoms with E-state index >= 15 is 0 Å². The van der Waals surface area contributed by atoms with Crippen molar-refractivity contribution in [3.63, 3.8) is 0 Å². The van der Waals surface area contributed by atoms with Crippen molar-refractivity contribution in [2.75, 3.05) is 173 Å². The largest absolute Gasteiger partial charge is 0.495 e. The number of alkyl halides is 1. The Bertz CT molecular complexity index is 1700. The molecule has 14 N–H and O–H groups in total. The van der Waals surface area contributed by atoms with Gasteiger partial charge in [0.05, 0.1) is 61.0 Å². The average molecular weight is 1660 g/mol. The van der Waals surface area contributed by atoms with Crippen LogP contribution in [-0.4, -0.2) is 308 Å². The molecule has 0 amide bonds. The molecule has 0 saturated heterocycles. The number of hydrogen-bond acceptors (Lipinski definition) is 32. The van der Waals surface area contributed by atoms with Crippen LogP contribution in [-0.2, 0) is 85.0 Å². The van der Waals surface area contributed by atoms with Gasteiger partial charge < -0.3 is 122 Å². The summed E-state index contributed by atoms with van der Waals surface area (Å²) in [5.41, 5.74) is 1.03. The highest BCUT2D eigenvalue weighted by Crippen LogP contribution is 2.26. The van der Waals surface area contributed by atoms with Crippen molar-refractivity contribution in [3.05, 3.63) is 138 Å². The first-order chi connectivity index (χ1) is 48.5. The molecule has 0 atom stereocenters. The van der Waals surface area contributed by atoms with E-state index in [2.05, 4.69) is 110 Å². The fraction of sp³-hybridized carbons (Fsp3) is 0.540. The molecular weight excluding hydrogens is 1530 g/mol. The molecule has 0 aliphatic carbocycles. The number of allylic oxidation sites excluding steroid dienone is 2. The third kappa shape index (κ3) is 260. The lowest BCUT2D eigenvalue weighted by molar-refractivity contribution is -0.139. The molecule has 103 heavy (non-hydrogen) atoms. The highest BCUT2D eigenvalue weighted by molar-refractivity contribution is 7.64. The molecule has 0 aromatic rings. The number of aliphatic hydroxyl groups excluding tert-OH is 10. The van der Waals surface area contributed by atoms with Crippen LogP contribution >= 0.6 is 56.4 Å². The monoisotopic (exact) mass is 1660 g/mol. The van der Waals surface area contributed by atoms with Gasteiger partial charge in [-0.25, -0.2) is 28.8 Å². The van der Waals surface area contributed by atoms with E-state index in [4.69, 9.17) is 141 Å². The molecule has 0 aromatic heterocycles. The Balaban J connectivity index is -0.0000000377. The summed E-state index contributed by atoms with van der Waals surface area (Å²) in [7, 11) is 14.4. The van der Waals surface area contributed by atoms with Gasteiger partial charge in [0, 0.05) is 160 Å². The van der Waals surface area contributed by atoms with Gasteiger partial charge in [-0.1, -0.05) is 70.4 Å². The number of esters is 6. The van der Waals surface area contributed by atoms with Crippen LogP contribution in [0.3, 0.4) is 0 Å². The SMILES string of the molecule is C=C(C)C(=O)OCCC[Si](Cl)(Cl)Cl.C=C(C)C(=O)OCCC[Si](O)(O)OC.C=C(C)C(=O)OCCC[Si](O)(O)OC.C=CC(=O)Cl.C=CC(=O)OC.C=CC(=O)OC.C=CC(=O)OC.C=CCCl.C=CCOC.C=CCOC.C=CCOC.CO.CO.CO.CO.CO.CO.CO.CO.CO.CO. The molecular formula is C63H133Cl5O32Si3. The number of ether oxygens (including phenoxy) is 9. The van der Waals surface area contributed by atoms with E-state index in [0.717, 1.165) is 95.4 Å². The van der Waals surface area contributed by atoms with Crippen LogP contribution in [0.4, 0.5) is 0 Å². The summed E-state index contributed by atoms with van der Waals surface area (Å²) < 4.78 is 49.4. The first-order valence-corrected chi connectivity index (χ1v) is 38.0. The van der Waals surface area contributed by atoms with E-state index in [-0.39, 0.29) is 31.9 Å². The fourth-order valence-electron chi connectivity index (χ4n) is 2.55. The van der Waals surface area contributed by atoms with E-state index in [9.17, 15) is 33.6 Å². The quantitative estimate of drug-likeness (QED) is 0.00550. The van der Waals surface area contributed by atoms with E-state index < -0.39 is 64.7 Å². The highest BCUT2D eigenvalue weighted by Gasteiger charge is 2.30. The maximum atomic E-state index is 10.9. The molecule has 0 rings (SSSR count). The molecule has 0 radical (unpaired) electrons. The predicted molar refractivity (Wildman–Crippen MR) is 420 cm³/mol. The smallest absolute Gasteiger partial charge is 0.466 e. The lowest BCUT2D eigenvalue weighted by atomic mass is 10.4. The van der Waals surface area contributed by atoms with Crippen molar-refractivity contribution in [1.82, 2.24) is 0 Å². The van der Waals surface area contributed by atoms with Crippen molar-refractivity contribution >= 4 is 121 Å². The minimum Gasteiger partial charge on any atom is -0.466 e. The van der Waals surface area contributed by atoms with Crippen LogP contribution in [0.25, 0.3) is 0 Å². The van der Waals surface area contributed by atoms with Crippen LogP contribution < -0.4 is 0 Å². The number of carbonyl (C=O) groups is 7. The zero-order valence-corrected chi connectivity index (χ0v) is 71.4. The van der Waals surface area contributed by atoms with Gasteiger partial charge in [-0.05, 0) is 63.8 Å². The zero-order chi connectivity index (χ0) is 87.9. The van der Waals surface area contributed by atoms with E-state index in [1.165, 1.54) is 35.5 Å². The Morgan fingerprint density at radius 2 is 0.534 bits per heavy atom. The number of carbonyl (C=O) groups excluding carboxylic acids is 7. The number of hydrogen-bond donors (Lipinski definition) is 14. The molecule has 0 unspecified atom stereocenters. The van der Waals surface area contributed by atoms with Gasteiger partial charge in [0.15, 0.2) is 0 Å². The van der Waals surface area contributed by atoms with Crippen LogP contribution in [0.5, 0.6) is 0 Å². The first-order valence-electron chi connectivity index (χ1n) is 27.9.